The molecule has 3 saturated carbocycles. The Labute approximate surface area is 184 Å². The minimum absolute atomic E-state index is 0.155. The van der Waals surface area contributed by atoms with Gasteiger partial charge in [0.15, 0.2) is 0 Å². The molecule has 3 nitrogen and oxygen atoms in total. The zero-order chi connectivity index (χ0) is 21.9. The number of aliphatic hydroxyl groups is 3. The molecule has 0 aromatic rings. The molecular weight excluding hydrogens is 372 g/mol. The standard InChI is InChI=1S/C27H44O3/c1-19-9-12-23(29)17-22(19)11-10-21-8-6-16-27(4)24(13-14-25(21)27)20(2)7-5-15-26(3,30)18-28/h10-11,20,23-25,28-30H,1,5-9,12-18H2,2-4H3/b21-10+,22-11-/t20-,23+,24-,25+,26?,27-/m0/s1. The largest absolute Gasteiger partial charge is 0.393 e. The average molecular weight is 417 g/mol. The Morgan fingerprint density at radius 1 is 1.23 bits per heavy atom. The summed E-state index contributed by atoms with van der Waals surface area (Å²) in [6, 6.07) is 0. The predicted molar refractivity (Wildman–Crippen MR) is 124 cm³/mol. The van der Waals surface area contributed by atoms with Crippen LogP contribution in [-0.2, 0) is 0 Å². The monoisotopic (exact) mass is 416 g/mol. The first-order chi connectivity index (χ1) is 14.2. The third kappa shape index (κ3) is 5.29. The van der Waals surface area contributed by atoms with Crippen molar-refractivity contribution in [1.82, 2.24) is 0 Å². The topological polar surface area (TPSA) is 60.7 Å². The molecule has 3 heteroatoms. The fourth-order valence-electron chi connectivity index (χ4n) is 6.69. The van der Waals surface area contributed by atoms with Gasteiger partial charge in [0.05, 0.1) is 18.3 Å². The first kappa shape index (κ1) is 23.8. The van der Waals surface area contributed by atoms with E-state index >= 15 is 0 Å². The molecule has 0 aromatic heterocycles. The second-order valence-corrected chi connectivity index (χ2v) is 11.1. The second kappa shape index (κ2) is 9.71. The SMILES string of the molecule is C=C1CC[C@@H](O)C/C1=C/C=C1\CCC[C@]2(C)[C@@H]1CC[C@H]2[C@@H](C)CCCC(C)(O)CO. The lowest BCUT2D eigenvalue weighted by Gasteiger charge is -2.44. The van der Waals surface area contributed by atoms with Crippen LogP contribution in [0.25, 0.3) is 0 Å². The number of hydrogen-bond donors (Lipinski definition) is 3. The molecule has 3 aliphatic rings. The van der Waals surface area contributed by atoms with Crippen molar-refractivity contribution in [3.05, 3.63) is 35.5 Å². The average Bonchev–Trinajstić information content (AvgIpc) is 3.06. The molecule has 0 radical (unpaired) electrons. The van der Waals surface area contributed by atoms with Gasteiger partial charge in [-0.25, -0.2) is 0 Å². The van der Waals surface area contributed by atoms with Gasteiger partial charge >= 0.3 is 0 Å². The van der Waals surface area contributed by atoms with Gasteiger partial charge in [-0.1, -0.05) is 56.6 Å². The molecule has 0 bridgehead atoms. The van der Waals surface area contributed by atoms with E-state index in [-0.39, 0.29) is 12.7 Å². The van der Waals surface area contributed by atoms with Gasteiger partial charge in [-0.3, -0.25) is 0 Å². The molecule has 0 spiro atoms. The highest BCUT2D eigenvalue weighted by Crippen LogP contribution is 2.60. The van der Waals surface area contributed by atoms with Crippen LogP contribution in [0.1, 0.15) is 91.4 Å². The quantitative estimate of drug-likeness (QED) is 0.498. The van der Waals surface area contributed by atoms with Crippen LogP contribution >= 0.6 is 0 Å². The van der Waals surface area contributed by atoms with E-state index in [9.17, 15) is 15.3 Å². The van der Waals surface area contributed by atoms with E-state index < -0.39 is 5.60 Å². The Balaban J connectivity index is 1.66. The van der Waals surface area contributed by atoms with Gasteiger partial charge in [-0.05, 0) is 93.5 Å². The molecule has 30 heavy (non-hydrogen) atoms. The Hall–Kier alpha value is -0.900. The highest BCUT2D eigenvalue weighted by molar-refractivity contribution is 5.36. The summed E-state index contributed by atoms with van der Waals surface area (Å²) in [6.45, 7) is 10.7. The fraction of sp³-hybridized carbons (Fsp3) is 0.778. The molecule has 0 heterocycles. The molecule has 3 rings (SSSR count). The third-order valence-electron chi connectivity index (χ3n) is 8.63. The predicted octanol–water partition coefficient (Wildman–Crippen LogP) is 5.71. The van der Waals surface area contributed by atoms with Crippen molar-refractivity contribution in [3.63, 3.8) is 0 Å². The molecule has 0 aliphatic heterocycles. The molecule has 3 aliphatic carbocycles. The molecule has 1 unspecified atom stereocenters. The molecule has 0 aromatic carbocycles. The van der Waals surface area contributed by atoms with Crippen LogP contribution < -0.4 is 0 Å². The van der Waals surface area contributed by atoms with E-state index in [1.807, 2.05) is 0 Å². The van der Waals surface area contributed by atoms with Gasteiger partial charge < -0.3 is 15.3 Å². The van der Waals surface area contributed by atoms with Crippen molar-refractivity contribution in [1.29, 1.82) is 0 Å². The maximum Gasteiger partial charge on any atom is 0.0849 e. The highest BCUT2D eigenvalue weighted by Gasteiger charge is 2.50. The summed E-state index contributed by atoms with van der Waals surface area (Å²) in [4.78, 5) is 0. The van der Waals surface area contributed by atoms with Crippen LogP contribution in [0.5, 0.6) is 0 Å². The van der Waals surface area contributed by atoms with E-state index in [1.165, 1.54) is 43.3 Å². The number of hydrogen-bond acceptors (Lipinski definition) is 3. The van der Waals surface area contributed by atoms with E-state index in [0.717, 1.165) is 38.0 Å². The summed E-state index contributed by atoms with van der Waals surface area (Å²) >= 11 is 0. The Morgan fingerprint density at radius 2 is 2.00 bits per heavy atom. The lowest BCUT2D eigenvalue weighted by atomic mass is 9.60. The zero-order valence-electron chi connectivity index (χ0n) is 19.5. The van der Waals surface area contributed by atoms with Crippen LogP contribution in [0.4, 0.5) is 0 Å². The van der Waals surface area contributed by atoms with Crippen LogP contribution in [0.3, 0.4) is 0 Å². The smallest absolute Gasteiger partial charge is 0.0849 e. The van der Waals surface area contributed by atoms with Crippen molar-refractivity contribution in [2.24, 2.45) is 23.2 Å². The maximum absolute atomic E-state index is 10.1. The molecule has 6 atom stereocenters. The second-order valence-electron chi connectivity index (χ2n) is 11.1. The van der Waals surface area contributed by atoms with Crippen molar-refractivity contribution in [2.75, 3.05) is 6.61 Å². The minimum Gasteiger partial charge on any atom is -0.393 e. The summed E-state index contributed by atoms with van der Waals surface area (Å²) in [5.74, 6) is 2.07. The summed E-state index contributed by atoms with van der Waals surface area (Å²) in [7, 11) is 0. The summed E-state index contributed by atoms with van der Waals surface area (Å²) in [6.07, 6.45) is 16.1. The van der Waals surface area contributed by atoms with Crippen LogP contribution in [0, 0.1) is 23.2 Å². The lowest BCUT2D eigenvalue weighted by molar-refractivity contribution is -0.00891. The Kier molecular flexibility index (Phi) is 7.69. The highest BCUT2D eigenvalue weighted by atomic mass is 16.3. The molecule has 170 valence electrons. The van der Waals surface area contributed by atoms with Crippen LogP contribution in [-0.4, -0.2) is 33.6 Å². The lowest BCUT2D eigenvalue weighted by Crippen LogP contribution is -2.36. The van der Waals surface area contributed by atoms with Crippen LogP contribution in [0.15, 0.2) is 35.5 Å². The number of fused-ring (bicyclic) bond motifs is 1. The normalized spacial score (nSPS) is 37.9. The molecule has 3 fully saturated rings. The summed E-state index contributed by atoms with van der Waals surface area (Å²) in [5, 5.41) is 29.4. The van der Waals surface area contributed by atoms with E-state index in [1.54, 1.807) is 12.5 Å². The fourth-order valence-corrected chi connectivity index (χ4v) is 6.69. The van der Waals surface area contributed by atoms with Crippen molar-refractivity contribution < 1.29 is 15.3 Å². The van der Waals surface area contributed by atoms with Gasteiger partial charge in [0.1, 0.15) is 0 Å². The third-order valence-corrected chi connectivity index (χ3v) is 8.63. The first-order valence-electron chi connectivity index (χ1n) is 12.3. The molecule has 0 saturated heterocycles. The van der Waals surface area contributed by atoms with Crippen LogP contribution in [0.2, 0.25) is 0 Å². The van der Waals surface area contributed by atoms with Crippen molar-refractivity contribution >= 4 is 0 Å². The van der Waals surface area contributed by atoms with Gasteiger partial charge in [-0.15, -0.1) is 0 Å². The van der Waals surface area contributed by atoms with E-state index in [0.29, 0.717) is 23.7 Å². The number of aliphatic hydroxyl groups excluding tert-OH is 2. The molecule has 3 N–H and O–H groups in total. The van der Waals surface area contributed by atoms with Gasteiger partial charge in [0.2, 0.25) is 0 Å². The van der Waals surface area contributed by atoms with Crippen molar-refractivity contribution in [2.45, 2.75) is 103 Å². The Bertz CT molecular complexity index is 674. The number of allylic oxidation sites excluding steroid dienone is 4. The first-order valence-corrected chi connectivity index (χ1v) is 12.3. The summed E-state index contributed by atoms with van der Waals surface area (Å²) in [5.41, 5.74) is 3.50. The molecular formula is C27H44O3. The molecule has 0 amide bonds. The van der Waals surface area contributed by atoms with Gasteiger partial charge in [-0.2, -0.15) is 0 Å². The Morgan fingerprint density at radius 3 is 2.73 bits per heavy atom. The summed E-state index contributed by atoms with van der Waals surface area (Å²) < 4.78 is 0. The van der Waals surface area contributed by atoms with Gasteiger partial charge in [0, 0.05) is 0 Å². The maximum atomic E-state index is 10.1. The minimum atomic E-state index is -0.938. The van der Waals surface area contributed by atoms with E-state index in [4.69, 9.17) is 0 Å². The van der Waals surface area contributed by atoms with Gasteiger partial charge in [0.25, 0.3) is 0 Å². The van der Waals surface area contributed by atoms with Crippen molar-refractivity contribution in [3.8, 4) is 0 Å². The van der Waals surface area contributed by atoms with E-state index in [2.05, 4.69) is 32.6 Å². The zero-order valence-corrected chi connectivity index (χ0v) is 19.5. The number of rotatable bonds is 7.